The summed E-state index contributed by atoms with van der Waals surface area (Å²) in [6, 6.07) is 19.1. The van der Waals surface area contributed by atoms with Crippen molar-refractivity contribution in [1.82, 2.24) is 15.1 Å². The molecule has 3 aromatic carbocycles. The number of carbonyl (C=O) groups excluding carboxylic acids is 2. The van der Waals surface area contributed by atoms with Gasteiger partial charge in [0.25, 0.3) is 5.91 Å². The number of hydrogen-bond donors (Lipinski definition) is 2. The first-order valence-corrected chi connectivity index (χ1v) is 16.5. The summed E-state index contributed by atoms with van der Waals surface area (Å²) in [4.78, 5) is 29.0. The van der Waals surface area contributed by atoms with Gasteiger partial charge in [-0.15, -0.1) is 11.8 Å². The third kappa shape index (κ3) is 8.48. The number of thioether (sulfide) groups is 1. The average molecular weight is 647 g/mol. The molecule has 2 amide bonds. The predicted octanol–water partition coefficient (Wildman–Crippen LogP) is 6.75. The molecule has 0 bridgehead atoms. The largest absolute Gasteiger partial charge is 0.493 e. The Morgan fingerprint density at radius 3 is 2.76 bits per heavy atom. The van der Waals surface area contributed by atoms with Crippen LogP contribution in [0.3, 0.4) is 0 Å². The summed E-state index contributed by atoms with van der Waals surface area (Å²) >= 11 is 7.98. The van der Waals surface area contributed by atoms with Crippen molar-refractivity contribution in [3.8, 4) is 16.9 Å². The lowest BCUT2D eigenvalue weighted by Gasteiger charge is -2.23. The van der Waals surface area contributed by atoms with Gasteiger partial charge in [-0.1, -0.05) is 41.9 Å². The molecule has 8 nitrogen and oxygen atoms in total. The summed E-state index contributed by atoms with van der Waals surface area (Å²) in [6.07, 6.45) is 5.76. The molecule has 0 aliphatic carbocycles. The number of nitrogens with one attached hydrogen (secondary N) is 1. The predicted molar refractivity (Wildman–Crippen MR) is 180 cm³/mol. The molecule has 236 valence electrons. The highest BCUT2D eigenvalue weighted by Crippen LogP contribution is 2.41. The molecule has 1 aromatic heterocycles. The maximum Gasteiger partial charge on any atom is 0.251 e. The number of rotatable bonds is 11. The molecule has 0 atom stereocenters. The Kier molecular flexibility index (Phi) is 10.5. The Morgan fingerprint density at radius 1 is 1.13 bits per heavy atom. The van der Waals surface area contributed by atoms with Gasteiger partial charge in [0.1, 0.15) is 5.75 Å². The first-order valence-electron chi connectivity index (χ1n) is 15.2. The molecule has 5 rings (SSSR count). The zero-order chi connectivity index (χ0) is 32.0. The number of benzene rings is 3. The van der Waals surface area contributed by atoms with Crippen molar-refractivity contribution in [2.45, 2.75) is 57.1 Å². The van der Waals surface area contributed by atoms with Gasteiger partial charge in [0.05, 0.1) is 30.6 Å². The molecule has 0 spiro atoms. The smallest absolute Gasteiger partial charge is 0.251 e. The molecule has 2 N–H and O–H groups in total. The summed E-state index contributed by atoms with van der Waals surface area (Å²) in [5.41, 5.74) is 4.34. The molecule has 0 radical (unpaired) electrons. The van der Waals surface area contributed by atoms with Crippen LogP contribution >= 0.6 is 23.4 Å². The molecule has 10 heteroatoms. The first-order chi connectivity index (χ1) is 21.6. The number of fused-ring (bicyclic) bond motifs is 1. The van der Waals surface area contributed by atoms with E-state index in [-0.39, 0.29) is 18.4 Å². The Balaban J connectivity index is 1.26. The van der Waals surface area contributed by atoms with Crippen LogP contribution in [0.25, 0.3) is 11.1 Å². The van der Waals surface area contributed by atoms with Gasteiger partial charge >= 0.3 is 0 Å². The van der Waals surface area contributed by atoms with Gasteiger partial charge in [0.15, 0.2) is 0 Å². The van der Waals surface area contributed by atoms with E-state index >= 15 is 0 Å². The molecule has 0 saturated carbocycles. The van der Waals surface area contributed by atoms with E-state index in [4.69, 9.17) is 16.3 Å². The van der Waals surface area contributed by atoms with Crippen molar-refractivity contribution in [3.63, 3.8) is 0 Å². The number of hydrogen-bond acceptors (Lipinski definition) is 6. The van der Waals surface area contributed by atoms with Crippen LogP contribution in [0, 0.1) is 6.92 Å². The quantitative estimate of drug-likeness (QED) is 0.175. The number of anilines is 1. The third-order valence-corrected chi connectivity index (χ3v) is 9.15. The van der Waals surface area contributed by atoms with Crippen LogP contribution in [0.5, 0.6) is 5.75 Å². The molecular formula is C35H39ClN4O4S. The maximum atomic E-state index is 13.4. The number of aromatic nitrogens is 2. The van der Waals surface area contributed by atoms with Crippen molar-refractivity contribution in [3.05, 3.63) is 94.8 Å². The summed E-state index contributed by atoms with van der Waals surface area (Å²) in [5.74, 6) is 1.52. The van der Waals surface area contributed by atoms with Gasteiger partial charge < -0.3 is 20.1 Å². The highest BCUT2D eigenvalue weighted by Gasteiger charge is 2.24. The van der Waals surface area contributed by atoms with Gasteiger partial charge in [-0.25, -0.2) is 0 Å². The lowest BCUT2D eigenvalue weighted by molar-refractivity contribution is -0.118. The topological polar surface area (TPSA) is 96.7 Å². The molecule has 0 saturated heterocycles. The normalized spacial score (nSPS) is 13.2. The molecule has 1 aliphatic rings. The lowest BCUT2D eigenvalue weighted by Crippen LogP contribution is -2.38. The number of halogens is 1. The molecule has 0 unspecified atom stereocenters. The minimum absolute atomic E-state index is 0.0875. The third-order valence-electron chi connectivity index (χ3n) is 7.53. The van der Waals surface area contributed by atoms with Crippen LogP contribution in [0.15, 0.2) is 78.0 Å². The molecule has 4 aromatic rings. The summed E-state index contributed by atoms with van der Waals surface area (Å²) in [7, 11) is 0. The van der Waals surface area contributed by atoms with E-state index in [1.54, 1.807) is 31.7 Å². The van der Waals surface area contributed by atoms with Crippen molar-refractivity contribution in [2.24, 2.45) is 0 Å². The Labute approximate surface area is 273 Å². The fourth-order valence-corrected chi connectivity index (χ4v) is 6.47. The van der Waals surface area contributed by atoms with Crippen molar-refractivity contribution >= 4 is 40.9 Å². The zero-order valence-electron chi connectivity index (χ0n) is 25.9. The first kappa shape index (κ1) is 32.6. The number of nitrogens with zero attached hydrogens (tertiary/aromatic N) is 3. The molecule has 45 heavy (non-hydrogen) atoms. The Bertz CT molecular complexity index is 1670. The number of amides is 2. The standard InChI is InChI=1S/C35H39ClN4O4S/c1-24-29(36)12-6-14-31(24)44-17-7-15-32(41)40-16-8-18-45-33-28(11-5-13-30(33)40)27-20-38-39(22-27)21-25-9-4-10-26(19-25)34(42)37-23-35(2,3)43/h4-6,9-14,19-20,22,43H,7-8,15-18,21,23H2,1-3H3,(H,37,42). The fourth-order valence-electron chi connectivity index (χ4n) is 5.16. The molecular weight excluding hydrogens is 608 g/mol. The minimum atomic E-state index is -0.983. The Morgan fingerprint density at radius 2 is 1.93 bits per heavy atom. The molecule has 1 aliphatic heterocycles. The van der Waals surface area contributed by atoms with Crippen LogP contribution in [0.2, 0.25) is 5.02 Å². The molecule has 2 heterocycles. The monoisotopic (exact) mass is 646 g/mol. The van der Waals surface area contributed by atoms with Crippen LogP contribution in [-0.2, 0) is 11.3 Å². The van der Waals surface area contributed by atoms with E-state index < -0.39 is 5.60 Å². The van der Waals surface area contributed by atoms with Gasteiger partial charge in [-0.2, -0.15) is 5.10 Å². The van der Waals surface area contributed by atoms with Gasteiger partial charge in [-0.05, 0) is 75.3 Å². The summed E-state index contributed by atoms with van der Waals surface area (Å²) < 4.78 is 7.77. The van der Waals surface area contributed by atoms with Crippen molar-refractivity contribution in [1.29, 1.82) is 0 Å². The van der Waals surface area contributed by atoms with Crippen LogP contribution in [-0.4, -0.2) is 57.8 Å². The maximum absolute atomic E-state index is 13.4. The zero-order valence-corrected chi connectivity index (χ0v) is 27.5. The van der Waals surface area contributed by atoms with Gasteiger partial charge in [0, 0.05) is 57.9 Å². The van der Waals surface area contributed by atoms with E-state index in [2.05, 4.69) is 16.5 Å². The minimum Gasteiger partial charge on any atom is -0.493 e. The van der Waals surface area contributed by atoms with E-state index in [1.807, 2.05) is 77.4 Å². The van der Waals surface area contributed by atoms with Crippen LogP contribution in [0.4, 0.5) is 5.69 Å². The summed E-state index contributed by atoms with van der Waals surface area (Å²) in [5, 5.41) is 18.0. The summed E-state index contributed by atoms with van der Waals surface area (Å²) in [6.45, 7) is 7.01. The highest BCUT2D eigenvalue weighted by molar-refractivity contribution is 7.99. The number of carbonyl (C=O) groups is 2. The highest BCUT2D eigenvalue weighted by atomic mass is 35.5. The second kappa shape index (κ2) is 14.5. The van der Waals surface area contributed by atoms with E-state index in [1.165, 1.54) is 0 Å². The second-order valence-electron chi connectivity index (χ2n) is 11.8. The number of aliphatic hydroxyl groups is 1. The van der Waals surface area contributed by atoms with Crippen molar-refractivity contribution < 1.29 is 19.4 Å². The van der Waals surface area contributed by atoms with Crippen LogP contribution < -0.4 is 15.0 Å². The number of ether oxygens (including phenoxy) is 1. The van der Waals surface area contributed by atoms with E-state index in [9.17, 15) is 14.7 Å². The fraction of sp³-hybridized carbons (Fsp3) is 0.343. The van der Waals surface area contributed by atoms with Gasteiger partial charge in [0.2, 0.25) is 5.91 Å². The van der Waals surface area contributed by atoms with Gasteiger partial charge in [-0.3, -0.25) is 14.3 Å². The Hall–Kier alpha value is -3.79. The van der Waals surface area contributed by atoms with E-state index in [0.29, 0.717) is 43.1 Å². The average Bonchev–Trinajstić information content (AvgIpc) is 3.36. The van der Waals surface area contributed by atoms with Crippen molar-refractivity contribution in [2.75, 3.05) is 30.3 Å². The molecule has 0 fully saturated rings. The second-order valence-corrected chi connectivity index (χ2v) is 13.4. The van der Waals surface area contributed by atoms with E-state index in [0.717, 1.165) is 50.8 Å². The lowest BCUT2D eigenvalue weighted by atomic mass is 10.1. The van der Waals surface area contributed by atoms with Crippen LogP contribution in [0.1, 0.15) is 54.6 Å². The SMILES string of the molecule is Cc1c(Cl)cccc1OCCCC(=O)N1CCCSc2c(-c3cnn(Cc4cccc(C(=O)NCC(C)(C)O)c4)c3)cccc21.